The third-order valence-electron chi connectivity index (χ3n) is 18.4. The molecule has 0 unspecified atom stereocenters. The van der Waals surface area contributed by atoms with E-state index in [-0.39, 0.29) is 11.8 Å². The number of hydrogen-bond acceptors (Lipinski definition) is 4. The smallest absolute Gasteiger partial charge is 0.159 e. The Morgan fingerprint density at radius 2 is 0.607 bits per heavy atom. The molecule has 14 rings (SSSR count). The summed E-state index contributed by atoms with van der Waals surface area (Å²) in [6.45, 7) is 27.4. The molecule has 0 bridgehead atoms. The Morgan fingerprint density at radius 3 is 0.988 bits per heavy atom. The van der Waals surface area contributed by atoms with Gasteiger partial charge in [-0.15, -0.1) is 0 Å². The van der Waals surface area contributed by atoms with Crippen LogP contribution in [-0.4, -0.2) is 0 Å². The highest BCUT2D eigenvalue weighted by atomic mass is 16.3. The van der Waals surface area contributed by atoms with E-state index in [2.05, 4.69) is 287 Å². The van der Waals surface area contributed by atoms with Crippen molar-refractivity contribution in [3.8, 4) is 22.3 Å². The molecule has 0 saturated carbocycles. The fourth-order valence-corrected chi connectivity index (χ4v) is 13.8. The molecule has 0 aliphatic carbocycles. The van der Waals surface area contributed by atoms with E-state index < -0.39 is 0 Å². The van der Waals surface area contributed by atoms with Crippen molar-refractivity contribution in [1.29, 1.82) is 0 Å². The molecule has 414 valence electrons. The second kappa shape index (κ2) is 20.3. The van der Waals surface area contributed by atoms with Crippen LogP contribution in [0.25, 0.3) is 98.4 Å². The molecule has 0 fully saturated rings. The van der Waals surface area contributed by atoms with Gasteiger partial charge in [-0.2, -0.15) is 0 Å². The SMILES string of the molecule is Cc1ccc(N(c2cc(C(C)C)c3ccc4c(N(c5ccc(C)c(C)c5)c5cccc6c5oc5c(-c7ccccc7C(C)C)cccc56)cc(C(C)C)c5ccc2c3c54)c2cccc3c2oc2c(-c4ccccc4C(C)C)cccc23)cc1C. The number of benzene rings is 12. The summed E-state index contributed by atoms with van der Waals surface area (Å²) in [5, 5.41) is 11.9. The standard InChI is InChI=1S/C80H72N2O2/c1-45(2)55-21-13-15-23-57(55)61-25-17-27-63-65-29-19-31-71(79(65)83-77(61)63)81(53-35-33-49(9)51(11)41-53)73-43-69(47(5)6)59-38-40-68-74(44-70(48(7)8)60-37-39-67(73)75(59)76(60)68)82(54-36-34-50(10)52(12)42-54)72-32-20-30-66-64-28-18-26-62(78(64)84-80(66)72)58-24-16-14-22-56(58)46(3)4/h13-48H,1-12H3. The van der Waals surface area contributed by atoms with Gasteiger partial charge in [-0.1, -0.05) is 201 Å². The molecule has 0 atom stereocenters. The molecule has 0 saturated heterocycles. The third kappa shape index (κ3) is 8.31. The average Bonchev–Trinajstić information content (AvgIpc) is 2.75. The van der Waals surface area contributed by atoms with Crippen molar-refractivity contribution in [3.05, 3.63) is 239 Å². The summed E-state index contributed by atoms with van der Waals surface area (Å²) in [4.78, 5) is 5.00. The summed E-state index contributed by atoms with van der Waals surface area (Å²) in [5.74, 6) is 1.11. The summed E-state index contributed by atoms with van der Waals surface area (Å²) in [6.07, 6.45) is 0. The number of furan rings is 2. The normalized spacial score (nSPS) is 12.2. The first kappa shape index (κ1) is 52.9. The number of fused-ring (bicyclic) bond motifs is 6. The zero-order chi connectivity index (χ0) is 58.0. The monoisotopic (exact) mass is 1090 g/mol. The van der Waals surface area contributed by atoms with Crippen LogP contribution in [0.1, 0.15) is 124 Å². The number of hydrogen-bond donors (Lipinski definition) is 0. The lowest BCUT2D eigenvalue weighted by molar-refractivity contribution is 0.669. The van der Waals surface area contributed by atoms with Crippen LogP contribution in [0.5, 0.6) is 0 Å². The number of nitrogens with zero attached hydrogens (tertiary/aromatic N) is 2. The minimum atomic E-state index is 0.208. The zero-order valence-corrected chi connectivity index (χ0v) is 50.5. The van der Waals surface area contributed by atoms with E-state index in [4.69, 9.17) is 8.83 Å². The fourth-order valence-electron chi connectivity index (χ4n) is 13.8. The van der Waals surface area contributed by atoms with E-state index >= 15 is 0 Å². The average molecular weight is 1090 g/mol. The van der Waals surface area contributed by atoms with Crippen molar-refractivity contribution < 1.29 is 8.83 Å². The lowest BCUT2D eigenvalue weighted by Gasteiger charge is -2.32. The predicted octanol–water partition coefficient (Wildman–Crippen LogP) is 24.4. The second-order valence-corrected chi connectivity index (χ2v) is 24.9. The van der Waals surface area contributed by atoms with E-state index in [0.29, 0.717) is 11.8 Å². The molecule has 0 radical (unpaired) electrons. The molecular weight excluding hydrogens is 1020 g/mol. The maximum Gasteiger partial charge on any atom is 0.159 e. The first-order valence-corrected chi connectivity index (χ1v) is 30.3. The van der Waals surface area contributed by atoms with E-state index in [1.807, 2.05) is 0 Å². The molecule has 4 heteroatoms. The Kier molecular flexibility index (Phi) is 12.8. The van der Waals surface area contributed by atoms with Crippen LogP contribution in [0.2, 0.25) is 0 Å². The molecule has 14 aromatic rings. The van der Waals surface area contributed by atoms with Crippen LogP contribution in [0.3, 0.4) is 0 Å². The Morgan fingerprint density at radius 1 is 0.262 bits per heavy atom. The van der Waals surface area contributed by atoms with Crippen LogP contribution in [0, 0.1) is 27.7 Å². The lowest BCUT2D eigenvalue weighted by Crippen LogP contribution is -2.13. The number of aryl methyl sites for hydroxylation is 4. The van der Waals surface area contributed by atoms with Crippen molar-refractivity contribution >= 4 is 110 Å². The van der Waals surface area contributed by atoms with Gasteiger partial charge in [0.05, 0.1) is 22.7 Å². The van der Waals surface area contributed by atoms with E-state index in [1.165, 1.54) is 88.0 Å². The van der Waals surface area contributed by atoms with Crippen LogP contribution in [0.4, 0.5) is 34.1 Å². The van der Waals surface area contributed by atoms with E-state index in [0.717, 1.165) is 89.1 Å². The second-order valence-electron chi connectivity index (χ2n) is 24.9. The lowest BCUT2D eigenvalue weighted by atomic mass is 9.84. The first-order valence-electron chi connectivity index (χ1n) is 30.3. The Hall–Kier alpha value is -9.12. The van der Waals surface area contributed by atoms with Gasteiger partial charge in [0.15, 0.2) is 11.2 Å². The summed E-state index contributed by atoms with van der Waals surface area (Å²) in [7, 11) is 0. The van der Waals surface area contributed by atoms with Crippen LogP contribution < -0.4 is 9.80 Å². The molecule has 12 aromatic carbocycles. The van der Waals surface area contributed by atoms with Gasteiger partial charge >= 0.3 is 0 Å². The van der Waals surface area contributed by atoms with Gasteiger partial charge in [0.2, 0.25) is 0 Å². The van der Waals surface area contributed by atoms with Gasteiger partial charge in [0, 0.05) is 54.8 Å². The van der Waals surface area contributed by atoms with Crippen LogP contribution >= 0.6 is 0 Å². The molecule has 0 amide bonds. The molecule has 0 spiro atoms. The molecular formula is C80H72N2O2. The zero-order valence-electron chi connectivity index (χ0n) is 50.5. The maximum absolute atomic E-state index is 7.41. The predicted molar refractivity (Wildman–Crippen MR) is 360 cm³/mol. The topological polar surface area (TPSA) is 32.8 Å². The first-order chi connectivity index (χ1) is 40.7. The maximum atomic E-state index is 7.41. The Bertz CT molecular complexity index is 4620. The molecule has 2 heterocycles. The molecule has 0 N–H and O–H groups in total. The summed E-state index contributed by atoms with van der Waals surface area (Å²) in [5.41, 5.74) is 24.8. The van der Waals surface area contributed by atoms with Crippen molar-refractivity contribution in [2.45, 2.75) is 107 Å². The fraction of sp³-hybridized carbons (Fsp3) is 0.200. The quantitative estimate of drug-likeness (QED) is 0.114. The molecule has 0 aliphatic rings. The molecule has 0 aliphatic heterocycles. The number of rotatable bonds is 12. The number of anilines is 6. The highest BCUT2D eigenvalue weighted by Crippen LogP contribution is 2.54. The van der Waals surface area contributed by atoms with Crippen LogP contribution in [0.15, 0.2) is 203 Å². The van der Waals surface area contributed by atoms with Gasteiger partial charge < -0.3 is 18.6 Å². The highest BCUT2D eigenvalue weighted by Gasteiger charge is 2.30. The summed E-state index contributed by atoms with van der Waals surface area (Å²) >= 11 is 0. The largest absolute Gasteiger partial charge is 0.453 e. The Labute approximate surface area is 493 Å². The van der Waals surface area contributed by atoms with E-state index in [1.54, 1.807) is 0 Å². The van der Waals surface area contributed by atoms with Gasteiger partial charge in [0.25, 0.3) is 0 Å². The van der Waals surface area contributed by atoms with Crippen molar-refractivity contribution in [3.63, 3.8) is 0 Å². The summed E-state index contributed by atoms with van der Waals surface area (Å²) in [6, 6.07) is 72.8. The Balaban J connectivity index is 1.07. The minimum absolute atomic E-state index is 0.208. The van der Waals surface area contributed by atoms with Gasteiger partial charge in [-0.05, 0) is 177 Å². The van der Waals surface area contributed by atoms with Gasteiger partial charge in [-0.3, -0.25) is 0 Å². The highest BCUT2D eigenvalue weighted by molar-refractivity contribution is 6.30. The van der Waals surface area contributed by atoms with Gasteiger partial charge in [0.1, 0.15) is 11.2 Å². The van der Waals surface area contributed by atoms with Crippen molar-refractivity contribution in [2.75, 3.05) is 9.80 Å². The van der Waals surface area contributed by atoms with Gasteiger partial charge in [-0.25, -0.2) is 0 Å². The number of para-hydroxylation sites is 4. The molecule has 2 aromatic heterocycles. The molecule has 84 heavy (non-hydrogen) atoms. The van der Waals surface area contributed by atoms with Crippen LogP contribution in [-0.2, 0) is 0 Å². The summed E-state index contributed by atoms with van der Waals surface area (Å²) < 4.78 is 14.8. The molecule has 4 nitrogen and oxygen atoms in total. The van der Waals surface area contributed by atoms with E-state index in [9.17, 15) is 0 Å². The van der Waals surface area contributed by atoms with Crippen molar-refractivity contribution in [2.24, 2.45) is 0 Å². The van der Waals surface area contributed by atoms with Crippen molar-refractivity contribution in [1.82, 2.24) is 0 Å². The third-order valence-corrected chi connectivity index (χ3v) is 18.4. The minimum Gasteiger partial charge on any atom is -0.453 e.